The molecule has 0 spiro atoms. The van der Waals surface area contributed by atoms with Gasteiger partial charge in [0.05, 0.1) is 6.61 Å². The summed E-state index contributed by atoms with van der Waals surface area (Å²) in [4.78, 5) is 0. The third kappa shape index (κ3) is 4.31. The maximum Gasteiger partial charge on any atom is 0.335 e. The fraction of sp³-hybridized carbons (Fsp3) is 0.250. The van der Waals surface area contributed by atoms with E-state index in [1.165, 1.54) is 18.2 Å². The minimum Gasteiger partial charge on any atom is -0.508 e. The average Bonchev–Trinajstić information content (AvgIpc) is 2.07. The van der Waals surface area contributed by atoms with Crippen LogP contribution in [0.3, 0.4) is 0 Å². The normalized spacial score (nSPS) is 11.6. The minimum atomic E-state index is -3.46. The summed E-state index contributed by atoms with van der Waals surface area (Å²) >= 11 is 0. The van der Waals surface area contributed by atoms with Crippen LogP contribution in [-0.2, 0) is 15.5 Å². The predicted molar refractivity (Wildman–Crippen MR) is 55.4 cm³/mol. The van der Waals surface area contributed by atoms with Crippen LogP contribution in [0, 0.1) is 0 Å². The molecule has 1 aromatic carbocycles. The van der Waals surface area contributed by atoms with E-state index < -0.39 is 7.67 Å². The summed E-state index contributed by atoms with van der Waals surface area (Å²) in [5.41, 5.74) is 10.5. The number of phenolic OH excluding ortho intramolecular Hbond substituents is 2. The van der Waals surface area contributed by atoms with Crippen LogP contribution < -0.4 is 11.0 Å². The molecular weight excluding hydrogens is 219 g/mol. The highest BCUT2D eigenvalue weighted by molar-refractivity contribution is 7.53. The van der Waals surface area contributed by atoms with Gasteiger partial charge in [0.15, 0.2) is 0 Å². The number of rotatable bonds is 4. The topological polar surface area (TPSA) is 119 Å². The van der Waals surface area contributed by atoms with E-state index in [1.54, 1.807) is 0 Å². The van der Waals surface area contributed by atoms with Gasteiger partial charge in [-0.25, -0.2) is 11.0 Å². The first kappa shape index (κ1) is 12.0. The fourth-order valence-electron chi connectivity index (χ4n) is 1.06. The Hall–Kier alpha value is -1.07. The first-order chi connectivity index (χ1) is 6.88. The van der Waals surface area contributed by atoms with Crippen LogP contribution in [-0.4, -0.2) is 16.8 Å². The molecule has 0 unspecified atom stereocenters. The number of aromatic hydroxyl groups is 2. The molecule has 0 heterocycles. The summed E-state index contributed by atoms with van der Waals surface area (Å²) in [6, 6.07) is 4.17. The summed E-state index contributed by atoms with van der Waals surface area (Å²) < 4.78 is 15.4. The molecule has 0 fully saturated rings. The molecule has 7 heteroatoms. The zero-order valence-corrected chi connectivity index (χ0v) is 8.85. The highest BCUT2D eigenvalue weighted by atomic mass is 31.2. The van der Waals surface area contributed by atoms with Crippen LogP contribution in [0.1, 0.15) is 5.56 Å². The Morgan fingerprint density at radius 3 is 2.53 bits per heavy atom. The molecule has 84 valence electrons. The monoisotopic (exact) mass is 232 g/mol. The van der Waals surface area contributed by atoms with Gasteiger partial charge in [-0.1, -0.05) is 6.07 Å². The van der Waals surface area contributed by atoms with E-state index in [1.807, 2.05) is 0 Å². The second-order valence-corrected chi connectivity index (χ2v) is 4.59. The zero-order chi connectivity index (χ0) is 11.5. The van der Waals surface area contributed by atoms with E-state index >= 15 is 0 Å². The van der Waals surface area contributed by atoms with E-state index in [0.29, 0.717) is 12.0 Å². The SMILES string of the molecule is NP(N)(=O)OCCc1ccc(O)cc1O. The lowest BCUT2D eigenvalue weighted by molar-refractivity contribution is 0.315. The van der Waals surface area contributed by atoms with Crippen molar-refractivity contribution in [3.63, 3.8) is 0 Å². The molecule has 0 bridgehead atoms. The van der Waals surface area contributed by atoms with Crippen LogP contribution >= 0.6 is 7.67 Å². The minimum absolute atomic E-state index is 0.0273. The summed E-state index contributed by atoms with van der Waals surface area (Å²) in [6.45, 7) is 0.0443. The maximum absolute atomic E-state index is 10.8. The highest BCUT2D eigenvalue weighted by Crippen LogP contribution is 2.28. The lowest BCUT2D eigenvalue weighted by Gasteiger charge is -2.08. The first-order valence-corrected chi connectivity index (χ1v) is 5.97. The first-order valence-electron chi connectivity index (χ1n) is 4.21. The Kier molecular flexibility index (Phi) is 3.71. The molecule has 15 heavy (non-hydrogen) atoms. The largest absolute Gasteiger partial charge is 0.508 e. The molecule has 0 aromatic heterocycles. The molecule has 0 saturated heterocycles. The molecule has 0 radical (unpaired) electrons. The van der Waals surface area contributed by atoms with Gasteiger partial charge in [-0.3, -0.25) is 4.57 Å². The van der Waals surface area contributed by atoms with E-state index in [2.05, 4.69) is 4.52 Å². The standard InChI is InChI=1S/C8H13N2O4P/c9-15(10,13)14-4-3-6-1-2-7(11)5-8(6)12/h1-2,5,11-12H,3-4H2,(H4,9,10,13). The lowest BCUT2D eigenvalue weighted by Crippen LogP contribution is -2.10. The van der Waals surface area contributed by atoms with E-state index in [-0.39, 0.29) is 18.1 Å². The van der Waals surface area contributed by atoms with Gasteiger partial charge in [-0.15, -0.1) is 0 Å². The van der Waals surface area contributed by atoms with Gasteiger partial charge in [-0.05, 0) is 18.1 Å². The van der Waals surface area contributed by atoms with Gasteiger partial charge in [0, 0.05) is 6.07 Å². The number of nitrogens with two attached hydrogens (primary N) is 2. The van der Waals surface area contributed by atoms with Crippen molar-refractivity contribution in [3.05, 3.63) is 23.8 Å². The van der Waals surface area contributed by atoms with Crippen LogP contribution in [0.25, 0.3) is 0 Å². The van der Waals surface area contributed by atoms with Gasteiger partial charge in [-0.2, -0.15) is 0 Å². The van der Waals surface area contributed by atoms with Crippen molar-refractivity contribution in [1.29, 1.82) is 0 Å². The van der Waals surface area contributed by atoms with Gasteiger partial charge in [0.25, 0.3) is 0 Å². The number of hydrogen-bond acceptors (Lipinski definition) is 4. The van der Waals surface area contributed by atoms with Gasteiger partial charge >= 0.3 is 7.67 Å². The number of benzene rings is 1. The van der Waals surface area contributed by atoms with Crippen molar-refractivity contribution >= 4 is 7.67 Å². The summed E-state index contributed by atoms with van der Waals surface area (Å²) in [5, 5.41) is 18.4. The summed E-state index contributed by atoms with van der Waals surface area (Å²) in [6.07, 6.45) is 0.310. The van der Waals surface area contributed by atoms with Crippen LogP contribution in [0.5, 0.6) is 11.5 Å². The Morgan fingerprint density at radius 2 is 2.00 bits per heavy atom. The van der Waals surface area contributed by atoms with Crippen LogP contribution in [0.4, 0.5) is 0 Å². The van der Waals surface area contributed by atoms with Crippen molar-refractivity contribution in [1.82, 2.24) is 0 Å². The second kappa shape index (κ2) is 4.63. The van der Waals surface area contributed by atoms with E-state index in [4.69, 9.17) is 16.1 Å². The van der Waals surface area contributed by atoms with Crippen LogP contribution in [0.2, 0.25) is 0 Å². The molecule has 0 saturated carbocycles. The quantitative estimate of drug-likeness (QED) is 0.567. The van der Waals surface area contributed by atoms with Crippen molar-refractivity contribution in [3.8, 4) is 11.5 Å². The van der Waals surface area contributed by atoms with Crippen molar-refractivity contribution in [2.75, 3.05) is 6.61 Å². The molecule has 0 aliphatic heterocycles. The third-order valence-electron chi connectivity index (χ3n) is 1.73. The van der Waals surface area contributed by atoms with Crippen molar-refractivity contribution in [2.45, 2.75) is 6.42 Å². The molecule has 6 N–H and O–H groups in total. The van der Waals surface area contributed by atoms with Gasteiger partial charge in [0.2, 0.25) is 0 Å². The van der Waals surface area contributed by atoms with E-state index in [9.17, 15) is 9.67 Å². The summed E-state index contributed by atoms with van der Waals surface area (Å²) in [7, 11) is -3.46. The Balaban J connectivity index is 2.55. The maximum atomic E-state index is 10.8. The molecule has 1 aromatic rings. The number of phenols is 2. The summed E-state index contributed by atoms with van der Waals surface area (Å²) in [5.74, 6) is -0.0806. The Labute approximate surface area is 87.0 Å². The molecule has 1 rings (SSSR count). The Bertz CT molecular complexity index is 390. The predicted octanol–water partition coefficient (Wildman–Crippen LogP) is 0.682. The molecule has 0 amide bonds. The van der Waals surface area contributed by atoms with Crippen molar-refractivity contribution in [2.24, 2.45) is 11.0 Å². The molecule has 0 aliphatic carbocycles. The smallest absolute Gasteiger partial charge is 0.335 e. The Morgan fingerprint density at radius 1 is 1.33 bits per heavy atom. The van der Waals surface area contributed by atoms with Gasteiger partial charge < -0.3 is 14.7 Å². The number of hydrogen-bond donors (Lipinski definition) is 4. The molecule has 6 nitrogen and oxygen atoms in total. The van der Waals surface area contributed by atoms with E-state index in [0.717, 1.165) is 0 Å². The molecule has 0 atom stereocenters. The third-order valence-corrected chi connectivity index (χ3v) is 2.32. The lowest BCUT2D eigenvalue weighted by atomic mass is 10.1. The van der Waals surface area contributed by atoms with Crippen LogP contribution in [0.15, 0.2) is 18.2 Å². The zero-order valence-electron chi connectivity index (χ0n) is 7.96. The molecular formula is C8H13N2O4P. The highest BCUT2D eigenvalue weighted by Gasteiger charge is 2.09. The van der Waals surface area contributed by atoms with Crippen molar-refractivity contribution < 1.29 is 19.3 Å². The average molecular weight is 232 g/mol. The molecule has 0 aliphatic rings. The van der Waals surface area contributed by atoms with Gasteiger partial charge in [0.1, 0.15) is 11.5 Å². The fourth-order valence-corrected chi connectivity index (χ4v) is 1.44. The second-order valence-electron chi connectivity index (χ2n) is 3.04.